The van der Waals surface area contributed by atoms with Crippen molar-refractivity contribution in [3.8, 4) is 5.75 Å². The van der Waals surface area contributed by atoms with E-state index in [0.29, 0.717) is 32.2 Å². The van der Waals surface area contributed by atoms with Crippen LogP contribution in [0.25, 0.3) is 10.9 Å². The Morgan fingerprint density at radius 3 is 2.58 bits per heavy atom. The molecule has 0 aliphatic heterocycles. The second kappa shape index (κ2) is 7.21. The Morgan fingerprint density at radius 1 is 1.23 bits per heavy atom. The Bertz CT molecular complexity index is 996. The SMILES string of the molecule is CCOC(=O)c1c(C)n(NC(=O)c2ccccc2)c2cc(Br)c(O)cc12. The summed E-state index contributed by atoms with van der Waals surface area (Å²) < 4.78 is 7.11. The number of amides is 1. The van der Waals surface area contributed by atoms with Gasteiger partial charge < -0.3 is 9.84 Å². The first-order valence-corrected chi connectivity index (χ1v) is 8.80. The van der Waals surface area contributed by atoms with E-state index in [1.165, 1.54) is 10.7 Å². The van der Waals surface area contributed by atoms with Gasteiger partial charge in [-0.05, 0) is 54.0 Å². The highest BCUT2D eigenvalue weighted by atomic mass is 79.9. The molecule has 7 heteroatoms. The summed E-state index contributed by atoms with van der Waals surface area (Å²) in [5.74, 6) is -0.829. The van der Waals surface area contributed by atoms with Crippen molar-refractivity contribution >= 4 is 38.7 Å². The summed E-state index contributed by atoms with van der Waals surface area (Å²) in [7, 11) is 0. The molecule has 0 aliphatic carbocycles. The molecule has 1 amide bonds. The topological polar surface area (TPSA) is 80.6 Å². The maximum absolute atomic E-state index is 12.6. The zero-order valence-corrected chi connectivity index (χ0v) is 15.8. The number of rotatable bonds is 4. The van der Waals surface area contributed by atoms with Crippen LogP contribution in [0.3, 0.4) is 0 Å². The van der Waals surface area contributed by atoms with Gasteiger partial charge in [0.05, 0.1) is 27.9 Å². The fourth-order valence-electron chi connectivity index (χ4n) is 2.78. The summed E-state index contributed by atoms with van der Waals surface area (Å²) in [5.41, 5.74) is 4.68. The molecule has 26 heavy (non-hydrogen) atoms. The lowest BCUT2D eigenvalue weighted by Gasteiger charge is -2.11. The molecule has 2 N–H and O–H groups in total. The van der Waals surface area contributed by atoms with Crippen molar-refractivity contribution in [1.29, 1.82) is 0 Å². The zero-order valence-electron chi connectivity index (χ0n) is 14.2. The van der Waals surface area contributed by atoms with Crippen molar-refractivity contribution in [2.75, 3.05) is 12.0 Å². The van der Waals surface area contributed by atoms with Gasteiger partial charge >= 0.3 is 5.97 Å². The van der Waals surface area contributed by atoms with E-state index in [1.807, 2.05) is 6.07 Å². The summed E-state index contributed by atoms with van der Waals surface area (Å²) in [6, 6.07) is 11.9. The minimum Gasteiger partial charge on any atom is -0.507 e. The molecule has 6 nitrogen and oxygen atoms in total. The van der Waals surface area contributed by atoms with E-state index >= 15 is 0 Å². The van der Waals surface area contributed by atoms with Crippen LogP contribution in [-0.4, -0.2) is 28.3 Å². The lowest BCUT2D eigenvalue weighted by atomic mass is 10.1. The molecule has 1 heterocycles. The summed E-state index contributed by atoms with van der Waals surface area (Å²) in [6.45, 7) is 3.66. The quantitative estimate of drug-likeness (QED) is 0.630. The average molecular weight is 417 g/mol. The summed E-state index contributed by atoms with van der Waals surface area (Å²) in [4.78, 5) is 25.0. The fourth-order valence-corrected chi connectivity index (χ4v) is 3.12. The molecule has 3 aromatic rings. The number of hydrogen-bond acceptors (Lipinski definition) is 4. The molecule has 0 saturated carbocycles. The smallest absolute Gasteiger partial charge is 0.340 e. The number of hydrogen-bond donors (Lipinski definition) is 2. The van der Waals surface area contributed by atoms with Crippen molar-refractivity contribution in [3.63, 3.8) is 0 Å². The van der Waals surface area contributed by atoms with E-state index in [1.54, 1.807) is 44.2 Å². The second-order valence-corrected chi connectivity index (χ2v) is 6.50. The third kappa shape index (κ3) is 3.17. The predicted molar refractivity (Wildman–Crippen MR) is 102 cm³/mol. The van der Waals surface area contributed by atoms with Gasteiger partial charge in [0.25, 0.3) is 5.91 Å². The maximum atomic E-state index is 12.6. The van der Waals surface area contributed by atoms with Crippen molar-refractivity contribution in [3.05, 3.63) is 63.8 Å². The Kier molecular flexibility index (Phi) is 4.99. The van der Waals surface area contributed by atoms with Gasteiger partial charge in [-0.15, -0.1) is 0 Å². The van der Waals surface area contributed by atoms with Crippen molar-refractivity contribution in [2.24, 2.45) is 0 Å². The van der Waals surface area contributed by atoms with Gasteiger partial charge in [0.2, 0.25) is 0 Å². The number of benzene rings is 2. The van der Waals surface area contributed by atoms with Gasteiger partial charge in [0.15, 0.2) is 0 Å². The number of phenols is 1. The van der Waals surface area contributed by atoms with Crippen LogP contribution in [0.5, 0.6) is 5.75 Å². The maximum Gasteiger partial charge on any atom is 0.340 e. The van der Waals surface area contributed by atoms with E-state index in [-0.39, 0.29) is 18.3 Å². The minimum absolute atomic E-state index is 0.00501. The number of aromatic hydroxyl groups is 1. The molecule has 0 unspecified atom stereocenters. The Labute approximate surface area is 158 Å². The van der Waals surface area contributed by atoms with E-state index in [2.05, 4.69) is 21.4 Å². The highest BCUT2D eigenvalue weighted by Gasteiger charge is 2.23. The standard InChI is InChI=1S/C19H17BrN2O4/c1-3-26-19(25)17-11(2)22(15-10-14(20)16(23)9-13(15)17)21-18(24)12-7-5-4-6-8-12/h4-10,23H,3H2,1-2H3,(H,21,24). The highest BCUT2D eigenvalue weighted by molar-refractivity contribution is 9.10. The number of ether oxygens (including phenoxy) is 1. The van der Waals surface area contributed by atoms with Gasteiger partial charge in [-0.1, -0.05) is 18.2 Å². The number of carbonyl (C=O) groups excluding carboxylic acids is 2. The highest BCUT2D eigenvalue weighted by Crippen LogP contribution is 2.34. The van der Waals surface area contributed by atoms with Crippen LogP contribution >= 0.6 is 15.9 Å². The Balaban J connectivity index is 2.15. The van der Waals surface area contributed by atoms with Crippen LogP contribution in [-0.2, 0) is 4.74 Å². The average Bonchev–Trinajstić information content (AvgIpc) is 2.88. The molecule has 1 aromatic heterocycles. The monoisotopic (exact) mass is 416 g/mol. The predicted octanol–water partition coefficient (Wildman–Crippen LogP) is 3.98. The van der Waals surface area contributed by atoms with Crippen molar-refractivity contribution in [1.82, 2.24) is 4.68 Å². The lowest BCUT2D eigenvalue weighted by Crippen LogP contribution is -2.24. The van der Waals surface area contributed by atoms with E-state index in [0.717, 1.165) is 0 Å². The molecule has 0 bridgehead atoms. The summed E-state index contributed by atoms with van der Waals surface area (Å²) >= 11 is 3.27. The minimum atomic E-state index is -0.510. The first-order valence-electron chi connectivity index (χ1n) is 8.01. The number of nitrogens with one attached hydrogen (secondary N) is 1. The molecule has 0 spiro atoms. The van der Waals surface area contributed by atoms with Crippen LogP contribution in [0.2, 0.25) is 0 Å². The number of nitrogens with zero attached hydrogens (tertiary/aromatic N) is 1. The Hall–Kier alpha value is -2.80. The molecule has 0 radical (unpaired) electrons. The molecule has 0 saturated heterocycles. The number of phenolic OH excluding ortho intramolecular Hbond substituents is 1. The Morgan fingerprint density at radius 2 is 1.92 bits per heavy atom. The van der Waals surface area contributed by atoms with Crippen molar-refractivity contribution < 1.29 is 19.4 Å². The number of carbonyl (C=O) groups is 2. The fraction of sp³-hybridized carbons (Fsp3) is 0.158. The van der Waals surface area contributed by atoms with E-state index < -0.39 is 5.97 Å². The number of aromatic nitrogens is 1. The van der Waals surface area contributed by atoms with E-state index in [4.69, 9.17) is 4.74 Å². The molecule has 0 aliphatic rings. The molecule has 0 atom stereocenters. The van der Waals surface area contributed by atoms with Gasteiger partial charge in [0, 0.05) is 10.9 Å². The molecule has 134 valence electrons. The first-order chi connectivity index (χ1) is 12.4. The zero-order chi connectivity index (χ0) is 18.8. The third-order valence-corrected chi connectivity index (χ3v) is 4.64. The third-order valence-electron chi connectivity index (χ3n) is 4.00. The largest absolute Gasteiger partial charge is 0.507 e. The van der Waals surface area contributed by atoms with Gasteiger partial charge in [-0.2, -0.15) is 0 Å². The molecular weight excluding hydrogens is 400 g/mol. The summed E-state index contributed by atoms with van der Waals surface area (Å²) in [5, 5.41) is 10.5. The number of fused-ring (bicyclic) bond motifs is 1. The van der Waals surface area contributed by atoms with Crippen LogP contribution in [0.15, 0.2) is 46.9 Å². The van der Waals surface area contributed by atoms with Crippen LogP contribution in [0, 0.1) is 6.92 Å². The number of esters is 1. The molecule has 3 rings (SSSR count). The van der Waals surface area contributed by atoms with Gasteiger partial charge in [0.1, 0.15) is 5.75 Å². The van der Waals surface area contributed by atoms with Crippen LogP contribution < -0.4 is 5.43 Å². The molecular formula is C19H17BrN2O4. The first kappa shape index (κ1) is 18.0. The van der Waals surface area contributed by atoms with E-state index in [9.17, 15) is 14.7 Å². The molecule has 0 fully saturated rings. The van der Waals surface area contributed by atoms with Crippen molar-refractivity contribution in [2.45, 2.75) is 13.8 Å². The van der Waals surface area contributed by atoms with Gasteiger partial charge in [-0.3, -0.25) is 14.9 Å². The molecule has 2 aromatic carbocycles. The van der Waals surface area contributed by atoms with Crippen LogP contribution in [0.1, 0.15) is 33.3 Å². The van der Waals surface area contributed by atoms with Crippen LogP contribution in [0.4, 0.5) is 0 Å². The second-order valence-electron chi connectivity index (χ2n) is 5.64. The lowest BCUT2D eigenvalue weighted by molar-refractivity contribution is 0.0527. The number of halogens is 1. The summed E-state index contributed by atoms with van der Waals surface area (Å²) in [6.07, 6.45) is 0. The van der Waals surface area contributed by atoms with Gasteiger partial charge in [-0.25, -0.2) is 4.79 Å². The normalized spacial score (nSPS) is 10.7.